The lowest BCUT2D eigenvalue weighted by Gasteiger charge is -2.28. The largest absolute Gasteiger partial charge is 0.458 e. The van der Waals surface area contributed by atoms with Crippen molar-refractivity contribution in [3.63, 3.8) is 0 Å². The van der Waals surface area contributed by atoms with E-state index in [0.29, 0.717) is 11.3 Å². The van der Waals surface area contributed by atoms with Crippen molar-refractivity contribution in [2.45, 2.75) is 19.3 Å². The molecule has 0 radical (unpaired) electrons. The molecule has 0 bridgehead atoms. The third kappa shape index (κ3) is 6.04. The molecule has 43 heavy (non-hydrogen) atoms. The van der Waals surface area contributed by atoms with Crippen LogP contribution < -0.4 is 20.2 Å². The maximum absolute atomic E-state index is 11.4. The van der Waals surface area contributed by atoms with Crippen LogP contribution in [-0.4, -0.2) is 23.1 Å². The summed E-state index contributed by atoms with van der Waals surface area (Å²) < 4.78 is 6.62. The first-order chi connectivity index (χ1) is 20.5. The fourth-order valence-electron chi connectivity index (χ4n) is 5.01. The van der Waals surface area contributed by atoms with Gasteiger partial charge in [0.05, 0.1) is 22.1 Å². The number of anilines is 2. The van der Waals surface area contributed by atoms with Crippen LogP contribution >= 0.6 is 6.26 Å². The zero-order chi connectivity index (χ0) is 30.8. The van der Waals surface area contributed by atoms with E-state index in [0.717, 1.165) is 22.8 Å². The number of non-ortho nitro benzene ring substituents is 1. The van der Waals surface area contributed by atoms with Gasteiger partial charge in [0.1, 0.15) is 11.4 Å². The first kappa shape index (κ1) is 29.6. The molecule has 5 rings (SSSR count). The monoisotopic (exact) mass is 613 g/mol. The molecule has 0 aromatic heterocycles. The van der Waals surface area contributed by atoms with Crippen LogP contribution in [0.4, 0.5) is 22.7 Å². The fraction of sp³-hybridized carbons (Fsp3) is 0.129. The highest BCUT2D eigenvalue weighted by Gasteiger charge is 2.40. The topological polar surface area (TPSA) is 123 Å². The summed E-state index contributed by atoms with van der Waals surface area (Å²) in [5.74, 6) is 2.71. The van der Waals surface area contributed by atoms with E-state index in [1.807, 2.05) is 36.4 Å². The van der Waals surface area contributed by atoms with Crippen molar-refractivity contribution in [1.29, 1.82) is 0 Å². The highest BCUT2D eigenvalue weighted by Crippen LogP contribution is 2.55. The van der Waals surface area contributed by atoms with Gasteiger partial charge in [0.15, 0.2) is 6.26 Å². The van der Waals surface area contributed by atoms with E-state index in [2.05, 4.69) is 60.3 Å². The summed E-state index contributed by atoms with van der Waals surface area (Å²) in [5, 5.41) is 27.3. The van der Waals surface area contributed by atoms with Crippen molar-refractivity contribution in [3.8, 4) is 5.75 Å². The Kier molecular flexibility index (Phi) is 8.12. The smallest absolute Gasteiger partial charge is 0.301 e. The molecule has 0 saturated carbocycles. The molecule has 0 amide bonds. The molecule has 12 heteroatoms. The van der Waals surface area contributed by atoms with Crippen molar-refractivity contribution < 1.29 is 14.4 Å². The lowest BCUT2D eigenvalue weighted by atomic mass is 9.84. The molecule has 1 atom stereocenters. The zero-order valence-corrected chi connectivity index (χ0v) is 25.3. The van der Waals surface area contributed by atoms with Crippen molar-refractivity contribution in [2.75, 3.05) is 17.4 Å². The highest BCUT2D eigenvalue weighted by atomic mass is 32.4. The number of benzene rings is 4. The minimum absolute atomic E-state index is 0.0327. The molecule has 1 aliphatic heterocycles. The van der Waals surface area contributed by atoms with E-state index in [9.17, 15) is 20.2 Å². The lowest BCUT2D eigenvalue weighted by molar-refractivity contribution is -0.393. The van der Waals surface area contributed by atoms with Gasteiger partial charge in [-0.1, -0.05) is 62.4 Å². The Morgan fingerprint density at radius 2 is 1.60 bits per heavy atom. The van der Waals surface area contributed by atoms with Gasteiger partial charge >= 0.3 is 5.69 Å². The normalized spacial score (nSPS) is 16.1. The zero-order valence-electron chi connectivity index (χ0n) is 23.6. The van der Waals surface area contributed by atoms with Crippen LogP contribution in [0.15, 0.2) is 114 Å². The number of para-hydroxylation sites is 1. The number of hydrazone groups is 1. The number of nitro benzene ring substituents is 2. The van der Waals surface area contributed by atoms with Crippen molar-refractivity contribution in [2.24, 2.45) is 5.10 Å². The van der Waals surface area contributed by atoms with Crippen LogP contribution in [0.3, 0.4) is 0 Å². The number of fused-ring (bicyclic) bond motifs is 1. The van der Waals surface area contributed by atoms with Crippen LogP contribution in [0.25, 0.3) is 0 Å². The Bertz CT molecular complexity index is 1810. The van der Waals surface area contributed by atoms with Gasteiger partial charge < -0.3 is 9.42 Å². The number of rotatable bonds is 9. The Morgan fingerprint density at radius 3 is 2.26 bits per heavy atom. The number of nitrogens with one attached hydrogen (secondary N) is 1. The summed E-state index contributed by atoms with van der Waals surface area (Å²) in [6, 6.07) is 28.7. The highest BCUT2D eigenvalue weighted by molar-refractivity contribution is 8.17. The van der Waals surface area contributed by atoms with Gasteiger partial charge in [-0.15, -0.1) is 0 Å². The maximum Gasteiger partial charge on any atom is 0.301 e. The minimum Gasteiger partial charge on any atom is -0.458 e. The Morgan fingerprint density at radius 1 is 0.930 bits per heavy atom. The second-order valence-corrected chi connectivity index (χ2v) is 14.2. The standard InChI is InChI=1S/C31H28N5O5PS/c1-31(2)26-11-7-8-12-28(26)34(3)30(31)21-42(43,25-9-5-4-6-10-25)41-24-16-13-22(14-17-24)20-32-33-27-18-15-23(35(37)38)19-29(27)36(39)40/h4-21,33H,1-3H3. The molecular formula is C31H28N5O5PS. The molecule has 218 valence electrons. The second-order valence-electron chi connectivity index (χ2n) is 10.4. The van der Waals surface area contributed by atoms with E-state index in [4.69, 9.17) is 16.3 Å². The first-order valence-electron chi connectivity index (χ1n) is 13.2. The van der Waals surface area contributed by atoms with Crippen LogP contribution in [-0.2, 0) is 17.2 Å². The molecule has 0 saturated heterocycles. The van der Waals surface area contributed by atoms with E-state index in [-0.39, 0.29) is 16.8 Å². The molecule has 0 spiro atoms. The van der Waals surface area contributed by atoms with Gasteiger partial charge in [-0.05, 0) is 59.3 Å². The summed E-state index contributed by atoms with van der Waals surface area (Å²) in [7, 11) is 2.05. The Hall–Kier alpha value is -4.86. The molecule has 0 fully saturated rings. The van der Waals surface area contributed by atoms with Gasteiger partial charge in [-0.25, -0.2) is 0 Å². The first-order valence-corrected chi connectivity index (χ1v) is 16.0. The molecule has 0 aliphatic carbocycles. The Balaban J connectivity index is 1.39. The predicted octanol–water partition coefficient (Wildman–Crippen LogP) is 7.32. The summed E-state index contributed by atoms with van der Waals surface area (Å²) in [6.07, 6.45) is -1.24. The summed E-state index contributed by atoms with van der Waals surface area (Å²) in [5.41, 5.74) is 5.69. The fourth-order valence-corrected chi connectivity index (χ4v) is 8.08. The number of nitro groups is 2. The molecule has 4 aromatic rings. The van der Waals surface area contributed by atoms with Crippen LogP contribution in [0, 0.1) is 20.2 Å². The van der Waals surface area contributed by atoms with Crippen molar-refractivity contribution in [3.05, 3.63) is 140 Å². The van der Waals surface area contributed by atoms with E-state index in [1.54, 1.807) is 24.3 Å². The second kappa shape index (κ2) is 11.8. The van der Waals surface area contributed by atoms with Gasteiger partial charge in [0, 0.05) is 41.0 Å². The van der Waals surface area contributed by atoms with Gasteiger partial charge in [-0.3, -0.25) is 25.7 Å². The average Bonchev–Trinajstić information content (AvgIpc) is 3.18. The minimum atomic E-state index is -2.72. The molecule has 1 heterocycles. The number of hydrogen-bond donors (Lipinski definition) is 1. The maximum atomic E-state index is 11.4. The number of nitrogens with zero attached hydrogens (tertiary/aromatic N) is 4. The molecule has 1 aliphatic rings. The molecule has 1 unspecified atom stereocenters. The van der Waals surface area contributed by atoms with Gasteiger partial charge in [-0.2, -0.15) is 5.10 Å². The van der Waals surface area contributed by atoms with Gasteiger partial charge in [0.2, 0.25) is 0 Å². The number of likely N-dealkylation sites (N-methyl/N-ethyl adjacent to an activating group) is 1. The summed E-state index contributed by atoms with van der Waals surface area (Å²) in [4.78, 5) is 23.1. The van der Waals surface area contributed by atoms with Crippen LogP contribution in [0.1, 0.15) is 25.0 Å². The third-order valence-electron chi connectivity index (χ3n) is 7.26. The van der Waals surface area contributed by atoms with E-state index >= 15 is 0 Å². The Labute approximate surface area is 253 Å². The van der Waals surface area contributed by atoms with E-state index in [1.165, 1.54) is 23.9 Å². The summed E-state index contributed by atoms with van der Waals surface area (Å²) >= 11 is 6.32. The average molecular weight is 614 g/mol. The predicted molar refractivity (Wildman–Crippen MR) is 174 cm³/mol. The molecule has 4 aromatic carbocycles. The molecule has 1 N–H and O–H groups in total. The van der Waals surface area contributed by atoms with Crippen molar-refractivity contribution >= 4 is 52.3 Å². The number of allylic oxidation sites excluding steroid dienone is 1. The quantitative estimate of drug-likeness (QED) is 0.0902. The van der Waals surface area contributed by atoms with Crippen LogP contribution in [0.5, 0.6) is 5.75 Å². The molecule has 10 nitrogen and oxygen atoms in total. The molecular weight excluding hydrogens is 585 g/mol. The number of hydrogen-bond acceptors (Lipinski definition) is 9. The third-order valence-corrected chi connectivity index (χ3v) is 10.5. The van der Waals surface area contributed by atoms with E-state index < -0.39 is 21.8 Å². The summed E-state index contributed by atoms with van der Waals surface area (Å²) in [6.45, 7) is 4.39. The lowest BCUT2D eigenvalue weighted by Crippen LogP contribution is -2.24. The SMILES string of the molecule is CN1C(=CP(=S)(Oc2ccc(C=NNc3ccc([N+](=O)[O-])cc3[N+](=O)[O-])cc2)c2ccccc2)C(C)(C)c2ccccc21. The van der Waals surface area contributed by atoms with Crippen LogP contribution in [0.2, 0.25) is 0 Å². The van der Waals surface area contributed by atoms with Gasteiger partial charge in [0.25, 0.3) is 5.69 Å². The van der Waals surface area contributed by atoms with Crippen molar-refractivity contribution in [1.82, 2.24) is 0 Å².